The van der Waals surface area contributed by atoms with Crippen molar-refractivity contribution in [2.45, 2.75) is 39.0 Å². The number of anilines is 1. The third-order valence-electron chi connectivity index (χ3n) is 2.67. The fourth-order valence-electron chi connectivity index (χ4n) is 1.72. The number of hydrogen-bond donors (Lipinski definition) is 2. The Morgan fingerprint density at radius 2 is 2.05 bits per heavy atom. The Balaban J connectivity index is 2.55. The lowest BCUT2D eigenvalue weighted by atomic mass is 10.1. The van der Waals surface area contributed by atoms with Crippen molar-refractivity contribution < 1.29 is 14.7 Å². The first-order chi connectivity index (χ1) is 9.32. The number of nitrogens with one attached hydrogen (secondary N) is 1. The number of carbonyl (C=O) groups is 2. The predicted octanol–water partition coefficient (Wildman–Crippen LogP) is 2.24. The summed E-state index contributed by atoms with van der Waals surface area (Å²) in [5.41, 5.74) is 0. The number of thioether (sulfide) groups is 1. The van der Waals surface area contributed by atoms with Gasteiger partial charge in [0.15, 0.2) is 0 Å². The number of carboxylic acid groups (broad SMARTS) is 1. The number of carbonyl (C=O) groups excluding carboxylic acids is 1. The number of nitrogens with zero attached hydrogens (tertiary/aromatic N) is 2. The van der Waals surface area contributed by atoms with E-state index in [4.69, 9.17) is 5.11 Å². The molecule has 0 radical (unpaired) electrons. The molecule has 1 heterocycles. The fourth-order valence-corrected chi connectivity index (χ4v) is 2.65. The molecule has 1 unspecified atom stereocenters. The van der Waals surface area contributed by atoms with Crippen LogP contribution in [-0.4, -0.2) is 37.8 Å². The van der Waals surface area contributed by atoms with Gasteiger partial charge in [-0.05, 0) is 19.8 Å². The lowest BCUT2D eigenvalue weighted by Gasteiger charge is -2.16. The summed E-state index contributed by atoms with van der Waals surface area (Å²) in [6.07, 6.45) is 1.62. The third kappa shape index (κ3) is 4.56. The Hall–Kier alpha value is -1.50. The van der Waals surface area contributed by atoms with Gasteiger partial charge in [0.25, 0.3) is 0 Å². The maximum atomic E-state index is 11.9. The molecule has 0 aliphatic heterocycles. The molecule has 1 amide bonds. The third-order valence-corrected chi connectivity index (χ3v) is 4.20. The molecule has 0 spiro atoms. The topological polar surface area (TPSA) is 84.2 Å². The van der Waals surface area contributed by atoms with Crippen LogP contribution >= 0.6 is 11.8 Å². The van der Waals surface area contributed by atoms with Crippen molar-refractivity contribution in [1.29, 1.82) is 0 Å². The van der Waals surface area contributed by atoms with Gasteiger partial charge in [0.1, 0.15) is 11.1 Å². The summed E-state index contributed by atoms with van der Waals surface area (Å²) < 4.78 is 1.71. The van der Waals surface area contributed by atoms with Crippen LogP contribution in [0.1, 0.15) is 33.7 Å². The Morgan fingerprint density at radius 1 is 1.40 bits per heavy atom. The van der Waals surface area contributed by atoms with Crippen molar-refractivity contribution in [3.8, 4) is 0 Å². The van der Waals surface area contributed by atoms with E-state index in [0.29, 0.717) is 5.82 Å². The first kappa shape index (κ1) is 16.6. The molecule has 0 bridgehead atoms. The number of carboxylic acids is 1. The smallest absolute Gasteiger partial charge is 0.316 e. The minimum absolute atomic E-state index is 0.0218. The van der Waals surface area contributed by atoms with Gasteiger partial charge in [0, 0.05) is 12.1 Å². The molecule has 1 aromatic heterocycles. The Morgan fingerprint density at radius 3 is 2.55 bits per heavy atom. The van der Waals surface area contributed by atoms with Gasteiger partial charge in [-0.25, -0.2) is 4.68 Å². The number of aliphatic carboxylic acids is 1. The molecule has 0 fully saturated rings. The summed E-state index contributed by atoms with van der Waals surface area (Å²) in [7, 11) is 0. The molecule has 0 aromatic carbocycles. The van der Waals surface area contributed by atoms with Gasteiger partial charge < -0.3 is 10.4 Å². The lowest BCUT2D eigenvalue weighted by Crippen LogP contribution is -2.26. The average Bonchev–Trinajstić information content (AvgIpc) is 2.76. The summed E-state index contributed by atoms with van der Waals surface area (Å²) in [4.78, 5) is 22.9. The van der Waals surface area contributed by atoms with E-state index in [1.807, 2.05) is 27.7 Å². The van der Waals surface area contributed by atoms with Gasteiger partial charge >= 0.3 is 5.97 Å². The van der Waals surface area contributed by atoms with Crippen molar-refractivity contribution in [3.05, 3.63) is 12.3 Å². The van der Waals surface area contributed by atoms with Crippen LogP contribution in [0.5, 0.6) is 0 Å². The van der Waals surface area contributed by atoms with E-state index >= 15 is 0 Å². The van der Waals surface area contributed by atoms with Crippen LogP contribution in [0, 0.1) is 5.92 Å². The highest BCUT2D eigenvalue weighted by molar-refractivity contribution is 8.01. The minimum Gasteiger partial charge on any atom is -0.480 e. The molecule has 112 valence electrons. The molecule has 1 rings (SSSR count). The molecule has 2 N–H and O–H groups in total. The van der Waals surface area contributed by atoms with E-state index in [0.717, 1.165) is 11.8 Å². The van der Waals surface area contributed by atoms with Crippen molar-refractivity contribution in [2.75, 3.05) is 11.1 Å². The van der Waals surface area contributed by atoms with Gasteiger partial charge in [0.2, 0.25) is 5.91 Å². The van der Waals surface area contributed by atoms with Crippen LogP contribution in [-0.2, 0) is 9.59 Å². The number of aromatic nitrogens is 2. The van der Waals surface area contributed by atoms with Gasteiger partial charge in [-0.3, -0.25) is 9.59 Å². The maximum absolute atomic E-state index is 11.9. The summed E-state index contributed by atoms with van der Waals surface area (Å²) in [6.45, 7) is 7.60. The predicted molar refractivity (Wildman–Crippen MR) is 80.0 cm³/mol. The molecule has 0 saturated heterocycles. The zero-order valence-electron chi connectivity index (χ0n) is 12.2. The zero-order valence-corrected chi connectivity index (χ0v) is 13.0. The second-order valence-corrected chi connectivity index (χ2v) is 6.25. The van der Waals surface area contributed by atoms with Crippen LogP contribution in [0.15, 0.2) is 12.3 Å². The molecule has 0 aliphatic rings. The zero-order chi connectivity index (χ0) is 15.3. The molecule has 1 aromatic rings. The van der Waals surface area contributed by atoms with Crippen LogP contribution in [0.25, 0.3) is 0 Å². The lowest BCUT2D eigenvalue weighted by molar-refractivity contribution is -0.137. The van der Waals surface area contributed by atoms with E-state index in [-0.39, 0.29) is 23.6 Å². The summed E-state index contributed by atoms with van der Waals surface area (Å²) >= 11 is 1.14. The normalized spacial score (nSPS) is 12.7. The summed E-state index contributed by atoms with van der Waals surface area (Å²) in [5, 5.41) is 15.4. The van der Waals surface area contributed by atoms with Gasteiger partial charge in [0.05, 0.1) is 11.9 Å². The van der Waals surface area contributed by atoms with E-state index in [1.54, 1.807) is 16.9 Å². The average molecular weight is 299 g/mol. The molecule has 6 nitrogen and oxygen atoms in total. The second kappa shape index (κ2) is 7.33. The minimum atomic E-state index is -0.884. The van der Waals surface area contributed by atoms with Gasteiger partial charge in [-0.15, -0.1) is 11.8 Å². The molecular weight excluding hydrogens is 278 g/mol. The highest BCUT2D eigenvalue weighted by atomic mass is 32.2. The standard InChI is InChI=1S/C13H21N3O3S/c1-8(2)12(13(18)19)20-7-11(17)15-10-5-6-14-16(10)9(3)4/h5-6,8-9,12H,7H2,1-4H3,(H,15,17)(H,18,19). The Labute approximate surface area is 122 Å². The van der Waals surface area contributed by atoms with Crippen molar-refractivity contribution in [1.82, 2.24) is 9.78 Å². The van der Waals surface area contributed by atoms with Crippen LogP contribution in [0.2, 0.25) is 0 Å². The van der Waals surface area contributed by atoms with Gasteiger partial charge in [-0.1, -0.05) is 13.8 Å². The van der Waals surface area contributed by atoms with E-state index in [1.165, 1.54) is 0 Å². The highest BCUT2D eigenvalue weighted by Gasteiger charge is 2.23. The molecule has 20 heavy (non-hydrogen) atoms. The molecule has 0 aliphatic carbocycles. The van der Waals surface area contributed by atoms with E-state index < -0.39 is 11.2 Å². The number of rotatable bonds is 7. The first-order valence-electron chi connectivity index (χ1n) is 6.50. The number of hydrogen-bond acceptors (Lipinski definition) is 4. The largest absolute Gasteiger partial charge is 0.480 e. The molecule has 1 atom stereocenters. The van der Waals surface area contributed by atoms with Crippen molar-refractivity contribution in [2.24, 2.45) is 5.92 Å². The molecule has 0 saturated carbocycles. The molecule has 7 heteroatoms. The van der Waals surface area contributed by atoms with Crippen molar-refractivity contribution in [3.63, 3.8) is 0 Å². The Kier molecular flexibility index (Phi) is 6.06. The summed E-state index contributed by atoms with van der Waals surface area (Å²) in [6, 6.07) is 1.87. The maximum Gasteiger partial charge on any atom is 0.316 e. The van der Waals surface area contributed by atoms with Gasteiger partial charge in [-0.2, -0.15) is 5.10 Å². The SMILES string of the molecule is CC(C)C(SCC(=O)Nc1ccnn1C(C)C)C(=O)O. The van der Waals surface area contributed by atoms with Crippen molar-refractivity contribution >= 4 is 29.5 Å². The van der Waals surface area contributed by atoms with Crippen LogP contribution in [0.3, 0.4) is 0 Å². The monoisotopic (exact) mass is 299 g/mol. The first-order valence-corrected chi connectivity index (χ1v) is 7.55. The van der Waals surface area contributed by atoms with Crippen LogP contribution < -0.4 is 5.32 Å². The second-order valence-electron chi connectivity index (χ2n) is 5.12. The summed E-state index contributed by atoms with van der Waals surface area (Å²) in [5.74, 6) is -0.388. The highest BCUT2D eigenvalue weighted by Crippen LogP contribution is 2.20. The molecular formula is C13H21N3O3S. The quantitative estimate of drug-likeness (QED) is 0.806. The van der Waals surface area contributed by atoms with E-state index in [9.17, 15) is 9.59 Å². The Bertz CT molecular complexity index is 471. The van der Waals surface area contributed by atoms with Crippen LogP contribution in [0.4, 0.5) is 5.82 Å². The fraction of sp³-hybridized carbons (Fsp3) is 0.615. The number of amides is 1. The van der Waals surface area contributed by atoms with E-state index in [2.05, 4.69) is 10.4 Å².